The van der Waals surface area contributed by atoms with Gasteiger partial charge in [-0.3, -0.25) is 4.79 Å². The molecule has 0 aliphatic carbocycles. The fraction of sp³-hybridized carbons (Fsp3) is 0.778. The van der Waals surface area contributed by atoms with Gasteiger partial charge in [-0.15, -0.1) is 0 Å². The summed E-state index contributed by atoms with van der Waals surface area (Å²) in [6, 6.07) is 0. The van der Waals surface area contributed by atoms with Crippen molar-refractivity contribution in [3.8, 4) is 0 Å². The molecule has 0 aromatic heterocycles. The van der Waals surface area contributed by atoms with E-state index in [9.17, 15) is 4.79 Å². The Morgan fingerprint density at radius 3 is 3.08 bits per heavy atom. The van der Waals surface area contributed by atoms with Crippen LogP contribution in [0.15, 0.2) is 0 Å². The predicted octanol–water partition coefficient (Wildman–Crippen LogP) is 0.404. The monoisotopic (exact) mass is 170 g/mol. The summed E-state index contributed by atoms with van der Waals surface area (Å²) in [6.45, 7) is 7.75. The topological polar surface area (TPSA) is 38.3 Å². The van der Waals surface area contributed by atoms with Crippen LogP contribution in [-0.4, -0.2) is 31.6 Å². The van der Waals surface area contributed by atoms with Crippen LogP contribution in [0.4, 0.5) is 0 Å². The van der Waals surface area contributed by atoms with E-state index in [0.29, 0.717) is 19.6 Å². The number of morpholine rings is 1. The molecule has 0 spiro atoms. The Morgan fingerprint density at radius 1 is 1.83 bits per heavy atom. The summed E-state index contributed by atoms with van der Waals surface area (Å²) < 4.78 is 5.32. The van der Waals surface area contributed by atoms with E-state index in [-0.39, 0.29) is 17.8 Å². The smallest absolute Gasteiger partial charge is 0.165 e. The minimum Gasteiger partial charge on any atom is -0.368 e. The molecule has 0 aromatic carbocycles. The average Bonchev–Trinajstić information content (AvgIpc) is 2.17. The lowest BCUT2D eigenvalue weighted by Gasteiger charge is -2.24. The second kappa shape index (κ2) is 4.58. The number of nitrogens with one attached hydrogen (secondary N) is 1. The van der Waals surface area contributed by atoms with E-state index in [1.165, 1.54) is 0 Å². The number of rotatable bonds is 3. The minimum absolute atomic E-state index is 0.0231. The molecule has 12 heavy (non-hydrogen) atoms. The maximum atomic E-state index is 11.5. The van der Waals surface area contributed by atoms with Crippen molar-refractivity contribution in [3.63, 3.8) is 0 Å². The number of hydrogen-bond donors (Lipinski definition) is 1. The first-order chi connectivity index (χ1) is 5.75. The van der Waals surface area contributed by atoms with Crippen molar-refractivity contribution < 1.29 is 9.53 Å². The third-order valence-electron chi connectivity index (χ3n) is 2.16. The van der Waals surface area contributed by atoms with E-state index in [0.717, 1.165) is 6.54 Å². The quantitative estimate of drug-likeness (QED) is 0.666. The Bertz CT molecular complexity index is 153. The highest BCUT2D eigenvalue weighted by atomic mass is 16.5. The summed E-state index contributed by atoms with van der Waals surface area (Å²) in [5.41, 5.74) is 0. The molecule has 2 atom stereocenters. The van der Waals surface area contributed by atoms with Crippen LogP contribution in [0.2, 0.25) is 0 Å². The molecule has 0 amide bonds. The van der Waals surface area contributed by atoms with Crippen LogP contribution in [0, 0.1) is 12.8 Å². The van der Waals surface area contributed by atoms with E-state index < -0.39 is 0 Å². The standard InChI is InChI=1S/C9H16NO2/c1-3-7(2)9(11)8-6-10-4-5-12-8/h7-8,10H,1,3-6H2,2H3. The van der Waals surface area contributed by atoms with E-state index in [2.05, 4.69) is 12.2 Å². The summed E-state index contributed by atoms with van der Waals surface area (Å²) in [5.74, 6) is 0.201. The summed E-state index contributed by atoms with van der Waals surface area (Å²) in [4.78, 5) is 11.5. The van der Waals surface area contributed by atoms with Crippen molar-refractivity contribution in [2.24, 2.45) is 5.92 Å². The molecule has 1 heterocycles. The van der Waals surface area contributed by atoms with Gasteiger partial charge in [-0.2, -0.15) is 0 Å². The molecule has 0 aromatic rings. The zero-order valence-electron chi connectivity index (χ0n) is 7.51. The van der Waals surface area contributed by atoms with E-state index >= 15 is 0 Å². The molecule has 69 valence electrons. The Kier molecular flexibility index (Phi) is 3.69. The van der Waals surface area contributed by atoms with Crippen molar-refractivity contribution in [1.29, 1.82) is 0 Å². The lowest BCUT2D eigenvalue weighted by Crippen LogP contribution is -2.44. The van der Waals surface area contributed by atoms with E-state index in [1.54, 1.807) is 0 Å². The van der Waals surface area contributed by atoms with Gasteiger partial charge in [-0.1, -0.05) is 13.8 Å². The molecule has 2 unspecified atom stereocenters. The maximum absolute atomic E-state index is 11.5. The Hall–Kier alpha value is -0.410. The highest BCUT2D eigenvalue weighted by molar-refractivity contribution is 5.85. The highest BCUT2D eigenvalue weighted by Crippen LogP contribution is 2.08. The molecule has 0 saturated carbocycles. The van der Waals surface area contributed by atoms with Crippen molar-refractivity contribution in [2.45, 2.75) is 19.4 Å². The maximum Gasteiger partial charge on any atom is 0.165 e. The zero-order valence-corrected chi connectivity index (χ0v) is 7.51. The van der Waals surface area contributed by atoms with Gasteiger partial charge in [0.15, 0.2) is 5.78 Å². The van der Waals surface area contributed by atoms with Gasteiger partial charge in [0.1, 0.15) is 6.10 Å². The van der Waals surface area contributed by atoms with Gasteiger partial charge >= 0.3 is 0 Å². The van der Waals surface area contributed by atoms with Crippen molar-refractivity contribution in [2.75, 3.05) is 19.7 Å². The van der Waals surface area contributed by atoms with Crippen LogP contribution in [0.25, 0.3) is 0 Å². The van der Waals surface area contributed by atoms with Gasteiger partial charge in [0.25, 0.3) is 0 Å². The molecule has 1 N–H and O–H groups in total. The van der Waals surface area contributed by atoms with Crippen LogP contribution in [0.1, 0.15) is 13.3 Å². The fourth-order valence-corrected chi connectivity index (χ4v) is 1.21. The zero-order chi connectivity index (χ0) is 8.97. The Labute approximate surface area is 73.5 Å². The lowest BCUT2D eigenvalue weighted by molar-refractivity contribution is -0.135. The number of ether oxygens (including phenoxy) is 1. The second-order valence-electron chi connectivity index (χ2n) is 3.16. The molecule has 3 heteroatoms. The third kappa shape index (κ3) is 2.29. The normalized spacial score (nSPS) is 26.7. The first-order valence-corrected chi connectivity index (χ1v) is 4.41. The molecule has 0 bridgehead atoms. The molecule has 1 aliphatic rings. The summed E-state index contributed by atoms with van der Waals surface area (Å²) in [7, 11) is 0. The first-order valence-electron chi connectivity index (χ1n) is 4.41. The van der Waals surface area contributed by atoms with E-state index in [1.807, 2.05) is 6.92 Å². The molecular formula is C9H16NO2. The van der Waals surface area contributed by atoms with Gasteiger partial charge in [-0.25, -0.2) is 0 Å². The molecule has 1 fully saturated rings. The Balaban J connectivity index is 2.39. The second-order valence-corrected chi connectivity index (χ2v) is 3.16. The number of hydrogen-bond acceptors (Lipinski definition) is 3. The third-order valence-corrected chi connectivity index (χ3v) is 2.16. The molecule has 1 rings (SSSR count). The first kappa shape index (κ1) is 9.68. The van der Waals surface area contributed by atoms with Crippen LogP contribution in [0.5, 0.6) is 0 Å². The number of carbonyl (C=O) groups is 1. The molecule has 1 radical (unpaired) electrons. The van der Waals surface area contributed by atoms with Crippen LogP contribution in [0.3, 0.4) is 0 Å². The summed E-state index contributed by atoms with van der Waals surface area (Å²) in [6.07, 6.45) is 0.411. The van der Waals surface area contributed by atoms with Gasteiger partial charge in [-0.05, 0) is 6.42 Å². The number of ketones is 1. The molecule has 1 aliphatic heterocycles. The van der Waals surface area contributed by atoms with Crippen molar-refractivity contribution in [3.05, 3.63) is 6.92 Å². The van der Waals surface area contributed by atoms with Gasteiger partial charge in [0, 0.05) is 19.0 Å². The van der Waals surface area contributed by atoms with E-state index in [4.69, 9.17) is 4.74 Å². The average molecular weight is 170 g/mol. The molecule has 1 saturated heterocycles. The molecular weight excluding hydrogens is 154 g/mol. The van der Waals surface area contributed by atoms with Gasteiger partial charge in [0.2, 0.25) is 0 Å². The van der Waals surface area contributed by atoms with Crippen molar-refractivity contribution in [1.82, 2.24) is 5.32 Å². The summed E-state index contributed by atoms with van der Waals surface area (Å²) >= 11 is 0. The predicted molar refractivity (Wildman–Crippen MR) is 46.8 cm³/mol. The van der Waals surface area contributed by atoms with Crippen LogP contribution < -0.4 is 5.32 Å². The Morgan fingerprint density at radius 2 is 2.58 bits per heavy atom. The number of carbonyl (C=O) groups excluding carboxylic acids is 1. The molecule has 3 nitrogen and oxygen atoms in total. The SMILES string of the molecule is [CH2]CC(C)C(=O)C1CNCCO1. The minimum atomic E-state index is -0.240. The van der Waals surface area contributed by atoms with Crippen LogP contribution >= 0.6 is 0 Å². The van der Waals surface area contributed by atoms with Crippen molar-refractivity contribution >= 4 is 5.78 Å². The largest absolute Gasteiger partial charge is 0.368 e. The summed E-state index contributed by atoms with van der Waals surface area (Å²) in [5, 5.41) is 3.13. The van der Waals surface area contributed by atoms with Crippen LogP contribution in [-0.2, 0) is 9.53 Å². The van der Waals surface area contributed by atoms with Gasteiger partial charge < -0.3 is 10.1 Å². The number of Topliss-reactive ketones (excluding diaryl/α,β-unsaturated/α-hetero) is 1. The fourth-order valence-electron chi connectivity index (χ4n) is 1.21. The highest BCUT2D eigenvalue weighted by Gasteiger charge is 2.24. The van der Waals surface area contributed by atoms with Gasteiger partial charge in [0.05, 0.1) is 6.61 Å². The lowest BCUT2D eigenvalue weighted by atomic mass is 9.99.